The third-order valence-corrected chi connectivity index (χ3v) is 3.70. The number of anilines is 1. The maximum Gasteiger partial charge on any atom is 0.308 e. The van der Waals surface area contributed by atoms with Crippen LogP contribution in [0.15, 0.2) is 6.07 Å². The molecule has 0 bridgehead atoms. The van der Waals surface area contributed by atoms with Gasteiger partial charge in [-0.15, -0.1) is 0 Å². The molecule has 1 aliphatic carbocycles. The minimum Gasteiger partial charge on any atom is -0.481 e. The summed E-state index contributed by atoms with van der Waals surface area (Å²) in [5, 5.41) is 16.4. The molecule has 1 atom stereocenters. The van der Waals surface area contributed by atoms with Crippen LogP contribution in [0, 0.1) is 5.92 Å². The summed E-state index contributed by atoms with van der Waals surface area (Å²) >= 11 is 0. The molecule has 2 fully saturated rings. The molecule has 3 rings (SSSR count). The van der Waals surface area contributed by atoms with Gasteiger partial charge in [-0.25, -0.2) is 0 Å². The first-order chi connectivity index (χ1) is 8.24. The molecule has 2 heterocycles. The first-order valence-corrected chi connectivity index (χ1v) is 6.27. The van der Waals surface area contributed by atoms with Crippen molar-refractivity contribution in [2.45, 2.75) is 31.6 Å². The van der Waals surface area contributed by atoms with Crippen LogP contribution in [0.4, 0.5) is 5.82 Å². The Morgan fingerprint density at radius 1 is 1.47 bits per heavy atom. The van der Waals surface area contributed by atoms with E-state index in [2.05, 4.69) is 21.2 Å². The van der Waals surface area contributed by atoms with Crippen LogP contribution in [0.25, 0.3) is 0 Å². The van der Waals surface area contributed by atoms with E-state index in [1.807, 2.05) is 0 Å². The van der Waals surface area contributed by atoms with Gasteiger partial charge in [0, 0.05) is 30.8 Å². The second-order valence-corrected chi connectivity index (χ2v) is 5.08. The lowest BCUT2D eigenvalue weighted by Crippen LogP contribution is -2.38. The molecule has 17 heavy (non-hydrogen) atoms. The zero-order valence-corrected chi connectivity index (χ0v) is 9.72. The molecule has 1 unspecified atom stereocenters. The number of carbonyl (C=O) groups is 1. The second-order valence-electron chi connectivity index (χ2n) is 5.08. The van der Waals surface area contributed by atoms with E-state index >= 15 is 0 Å². The van der Waals surface area contributed by atoms with Crippen LogP contribution in [0.3, 0.4) is 0 Å². The highest BCUT2D eigenvalue weighted by molar-refractivity contribution is 5.71. The Kier molecular flexibility index (Phi) is 2.53. The fraction of sp³-hybridized carbons (Fsp3) is 0.667. The van der Waals surface area contributed by atoms with E-state index < -0.39 is 5.97 Å². The Morgan fingerprint density at radius 2 is 2.29 bits per heavy atom. The van der Waals surface area contributed by atoms with Crippen LogP contribution in [0.1, 0.15) is 37.3 Å². The average Bonchev–Trinajstić information content (AvgIpc) is 3.07. The molecule has 0 spiro atoms. The van der Waals surface area contributed by atoms with Gasteiger partial charge < -0.3 is 10.0 Å². The fourth-order valence-electron chi connectivity index (χ4n) is 2.48. The monoisotopic (exact) mass is 235 g/mol. The summed E-state index contributed by atoms with van der Waals surface area (Å²) < 4.78 is 0. The second kappa shape index (κ2) is 4.05. The highest BCUT2D eigenvalue weighted by Gasteiger charge is 2.29. The normalized spacial score (nSPS) is 24.9. The molecule has 5 heteroatoms. The van der Waals surface area contributed by atoms with E-state index in [1.165, 1.54) is 18.5 Å². The van der Waals surface area contributed by atoms with Crippen molar-refractivity contribution in [1.82, 2.24) is 10.2 Å². The standard InChI is InChI=1S/C12H17N3O2/c16-12(17)9-2-1-5-15(7-9)11-6-10(13-14-11)8-3-4-8/h6,8-9H,1-5,7H2,(H,13,14)(H,16,17). The van der Waals surface area contributed by atoms with Crippen molar-refractivity contribution in [1.29, 1.82) is 0 Å². The number of carboxylic acids is 1. The molecular formula is C12H17N3O2. The van der Waals surface area contributed by atoms with Gasteiger partial charge in [0.1, 0.15) is 0 Å². The molecule has 0 radical (unpaired) electrons. The van der Waals surface area contributed by atoms with Crippen LogP contribution in [0.5, 0.6) is 0 Å². The number of hydrogen-bond donors (Lipinski definition) is 2. The van der Waals surface area contributed by atoms with E-state index in [1.54, 1.807) is 0 Å². The van der Waals surface area contributed by atoms with Crippen LogP contribution < -0.4 is 4.90 Å². The van der Waals surface area contributed by atoms with E-state index in [0.29, 0.717) is 12.5 Å². The lowest BCUT2D eigenvalue weighted by molar-refractivity contribution is -0.141. The van der Waals surface area contributed by atoms with E-state index in [9.17, 15) is 4.79 Å². The number of carboxylic acid groups (broad SMARTS) is 1. The van der Waals surface area contributed by atoms with Crippen LogP contribution in [0.2, 0.25) is 0 Å². The van der Waals surface area contributed by atoms with Gasteiger partial charge in [0.2, 0.25) is 0 Å². The van der Waals surface area contributed by atoms with Crippen molar-refractivity contribution in [3.05, 3.63) is 11.8 Å². The van der Waals surface area contributed by atoms with Crippen molar-refractivity contribution < 1.29 is 9.90 Å². The van der Waals surface area contributed by atoms with E-state index in [0.717, 1.165) is 25.2 Å². The molecule has 0 aromatic carbocycles. The minimum atomic E-state index is -0.687. The largest absolute Gasteiger partial charge is 0.481 e. The summed E-state index contributed by atoms with van der Waals surface area (Å²) in [6.07, 6.45) is 4.22. The summed E-state index contributed by atoms with van der Waals surface area (Å²) in [7, 11) is 0. The van der Waals surface area contributed by atoms with Crippen LogP contribution in [-0.2, 0) is 4.79 Å². The first-order valence-electron chi connectivity index (χ1n) is 6.27. The van der Waals surface area contributed by atoms with Crippen molar-refractivity contribution in [2.24, 2.45) is 5.92 Å². The maximum atomic E-state index is 11.0. The number of hydrogen-bond acceptors (Lipinski definition) is 3. The first kappa shape index (κ1) is 10.6. The third kappa shape index (κ3) is 2.14. The summed E-state index contributed by atoms with van der Waals surface area (Å²) in [4.78, 5) is 13.1. The van der Waals surface area contributed by atoms with Gasteiger partial charge in [-0.2, -0.15) is 5.10 Å². The Hall–Kier alpha value is -1.52. The number of aliphatic carboxylic acids is 1. The molecule has 2 N–H and O–H groups in total. The number of nitrogens with zero attached hydrogens (tertiary/aromatic N) is 2. The molecular weight excluding hydrogens is 218 g/mol. The predicted octanol–water partition coefficient (Wildman–Crippen LogP) is 1.59. The van der Waals surface area contributed by atoms with Crippen LogP contribution in [-0.4, -0.2) is 34.4 Å². The lowest BCUT2D eigenvalue weighted by atomic mass is 9.98. The minimum absolute atomic E-state index is 0.246. The molecule has 2 aliphatic rings. The molecule has 5 nitrogen and oxygen atoms in total. The SMILES string of the molecule is O=C(O)C1CCCN(c2cc(C3CC3)[nH]n2)C1. The number of rotatable bonds is 3. The predicted molar refractivity (Wildman–Crippen MR) is 63.1 cm³/mol. The van der Waals surface area contributed by atoms with Gasteiger partial charge in [-0.3, -0.25) is 9.89 Å². The number of aromatic amines is 1. The molecule has 1 aromatic rings. The molecule has 0 amide bonds. The Bertz CT molecular complexity index is 425. The van der Waals surface area contributed by atoms with Crippen molar-refractivity contribution in [2.75, 3.05) is 18.0 Å². The third-order valence-electron chi connectivity index (χ3n) is 3.70. The van der Waals surface area contributed by atoms with Crippen molar-refractivity contribution in [3.8, 4) is 0 Å². The molecule has 1 aliphatic heterocycles. The number of aromatic nitrogens is 2. The Morgan fingerprint density at radius 3 is 3.00 bits per heavy atom. The Labute approximate surface area is 99.8 Å². The summed E-state index contributed by atoms with van der Waals surface area (Å²) in [6.45, 7) is 1.50. The van der Waals surface area contributed by atoms with Crippen molar-refractivity contribution in [3.63, 3.8) is 0 Å². The smallest absolute Gasteiger partial charge is 0.308 e. The topological polar surface area (TPSA) is 69.2 Å². The number of nitrogens with one attached hydrogen (secondary N) is 1. The van der Waals surface area contributed by atoms with E-state index in [4.69, 9.17) is 5.11 Å². The zero-order valence-electron chi connectivity index (χ0n) is 9.72. The summed E-state index contributed by atoms with van der Waals surface area (Å²) in [6, 6.07) is 2.09. The van der Waals surface area contributed by atoms with Gasteiger partial charge in [0.25, 0.3) is 0 Å². The zero-order chi connectivity index (χ0) is 11.8. The number of piperidine rings is 1. The average molecular weight is 235 g/mol. The van der Waals surface area contributed by atoms with Gasteiger partial charge in [0.15, 0.2) is 5.82 Å². The summed E-state index contributed by atoms with van der Waals surface area (Å²) in [5.41, 5.74) is 1.21. The molecule has 1 saturated heterocycles. The highest BCUT2D eigenvalue weighted by atomic mass is 16.4. The number of H-pyrrole nitrogens is 1. The van der Waals surface area contributed by atoms with Crippen molar-refractivity contribution >= 4 is 11.8 Å². The summed E-state index contributed by atoms with van der Waals surface area (Å²) in [5.74, 6) is 0.645. The van der Waals surface area contributed by atoms with E-state index in [-0.39, 0.29) is 5.92 Å². The molecule has 1 saturated carbocycles. The fourth-order valence-corrected chi connectivity index (χ4v) is 2.48. The van der Waals surface area contributed by atoms with Gasteiger partial charge in [0.05, 0.1) is 5.92 Å². The van der Waals surface area contributed by atoms with Crippen LogP contribution >= 0.6 is 0 Å². The quantitative estimate of drug-likeness (QED) is 0.834. The Balaban J connectivity index is 1.71. The van der Waals surface area contributed by atoms with Gasteiger partial charge >= 0.3 is 5.97 Å². The molecule has 92 valence electrons. The lowest BCUT2D eigenvalue weighted by Gasteiger charge is -2.30. The van der Waals surface area contributed by atoms with Gasteiger partial charge in [-0.05, 0) is 25.7 Å². The maximum absolute atomic E-state index is 11.0. The molecule has 1 aromatic heterocycles. The highest BCUT2D eigenvalue weighted by Crippen LogP contribution is 2.40. The van der Waals surface area contributed by atoms with Gasteiger partial charge in [-0.1, -0.05) is 0 Å².